The van der Waals surface area contributed by atoms with Crippen molar-refractivity contribution in [2.45, 2.75) is 58.3 Å². The Morgan fingerprint density at radius 3 is 2.79 bits per heavy atom. The molecule has 208 valence electrons. The summed E-state index contributed by atoms with van der Waals surface area (Å²) in [6.07, 6.45) is 6.18. The lowest BCUT2D eigenvalue weighted by Gasteiger charge is -2.30. The Morgan fingerprint density at radius 1 is 1.13 bits per heavy atom. The SMILES string of the molecule is CC.COC(=O)CC(CN1CCC(CCc2ccc3c(n2)NCCC3)C1)c1cccc(N2CCNCC2)c1. The molecular weight excluding hydrogens is 474 g/mol. The van der Waals surface area contributed by atoms with Gasteiger partial charge in [0.2, 0.25) is 0 Å². The number of hydrogen-bond donors (Lipinski definition) is 2. The van der Waals surface area contributed by atoms with Crippen molar-refractivity contribution < 1.29 is 9.53 Å². The van der Waals surface area contributed by atoms with Crippen LogP contribution in [0.15, 0.2) is 36.4 Å². The maximum absolute atomic E-state index is 12.3. The molecule has 2 unspecified atom stereocenters. The van der Waals surface area contributed by atoms with Gasteiger partial charge in [0, 0.05) is 63.1 Å². The van der Waals surface area contributed by atoms with Crippen molar-refractivity contribution in [2.75, 3.05) is 69.7 Å². The zero-order chi connectivity index (χ0) is 26.7. The number of piperazine rings is 1. The number of nitrogens with one attached hydrogen (secondary N) is 2. The number of esters is 1. The van der Waals surface area contributed by atoms with Gasteiger partial charge in [0.05, 0.1) is 13.5 Å². The van der Waals surface area contributed by atoms with Crippen molar-refractivity contribution in [3.05, 3.63) is 53.2 Å². The van der Waals surface area contributed by atoms with Gasteiger partial charge in [-0.15, -0.1) is 0 Å². The molecule has 2 atom stereocenters. The number of ether oxygens (including phenoxy) is 1. The van der Waals surface area contributed by atoms with Gasteiger partial charge in [-0.3, -0.25) is 4.79 Å². The number of aromatic nitrogens is 1. The second kappa shape index (κ2) is 14.5. The van der Waals surface area contributed by atoms with E-state index in [4.69, 9.17) is 9.72 Å². The Labute approximate surface area is 229 Å². The lowest BCUT2D eigenvalue weighted by Crippen LogP contribution is -2.43. The number of aryl methyl sites for hydroxylation is 2. The highest BCUT2D eigenvalue weighted by atomic mass is 16.5. The molecule has 4 heterocycles. The number of anilines is 2. The molecule has 2 aromatic rings. The monoisotopic (exact) mass is 521 g/mol. The van der Waals surface area contributed by atoms with Gasteiger partial charge in [-0.2, -0.15) is 0 Å². The summed E-state index contributed by atoms with van der Waals surface area (Å²) < 4.78 is 5.07. The van der Waals surface area contributed by atoms with Crippen molar-refractivity contribution in [1.82, 2.24) is 15.2 Å². The maximum Gasteiger partial charge on any atom is 0.306 e. The molecule has 0 bridgehead atoms. The summed E-state index contributed by atoms with van der Waals surface area (Å²) in [5.74, 6) is 1.80. The van der Waals surface area contributed by atoms with Gasteiger partial charge in [-0.1, -0.05) is 32.0 Å². The molecular formula is C31H47N5O2. The second-order valence-electron chi connectivity index (χ2n) is 10.6. The van der Waals surface area contributed by atoms with E-state index in [1.54, 1.807) is 0 Å². The van der Waals surface area contributed by atoms with Crippen LogP contribution < -0.4 is 15.5 Å². The van der Waals surface area contributed by atoms with E-state index in [0.717, 1.165) is 71.0 Å². The Hall–Kier alpha value is -2.64. The van der Waals surface area contributed by atoms with Crippen molar-refractivity contribution in [3.8, 4) is 0 Å². The zero-order valence-electron chi connectivity index (χ0n) is 23.7. The van der Waals surface area contributed by atoms with E-state index in [0.29, 0.717) is 12.3 Å². The summed E-state index contributed by atoms with van der Waals surface area (Å²) in [5, 5.41) is 6.88. The Kier molecular flexibility index (Phi) is 10.8. The zero-order valence-corrected chi connectivity index (χ0v) is 23.7. The molecule has 2 fully saturated rings. The van der Waals surface area contributed by atoms with Crippen LogP contribution in [0.4, 0.5) is 11.5 Å². The first kappa shape index (κ1) is 28.4. The fraction of sp³-hybridized carbons (Fsp3) is 0.613. The first-order valence-corrected chi connectivity index (χ1v) is 14.8. The van der Waals surface area contributed by atoms with E-state index in [9.17, 15) is 4.79 Å². The van der Waals surface area contributed by atoms with Crippen LogP contribution in [0, 0.1) is 5.92 Å². The minimum absolute atomic E-state index is 0.129. The molecule has 0 radical (unpaired) electrons. The Morgan fingerprint density at radius 2 is 1.97 bits per heavy atom. The number of nitrogens with zero attached hydrogens (tertiary/aromatic N) is 3. The van der Waals surface area contributed by atoms with Gasteiger partial charge >= 0.3 is 5.97 Å². The summed E-state index contributed by atoms with van der Waals surface area (Å²) in [6, 6.07) is 13.3. The molecule has 0 spiro atoms. The first-order chi connectivity index (χ1) is 18.7. The van der Waals surface area contributed by atoms with E-state index < -0.39 is 0 Å². The highest BCUT2D eigenvalue weighted by molar-refractivity contribution is 5.70. The van der Waals surface area contributed by atoms with Crippen molar-refractivity contribution in [2.24, 2.45) is 5.92 Å². The molecule has 0 aliphatic carbocycles. The third kappa shape index (κ3) is 7.70. The molecule has 0 amide bonds. The number of carbonyl (C=O) groups is 1. The van der Waals surface area contributed by atoms with Gasteiger partial charge in [0.25, 0.3) is 0 Å². The number of fused-ring (bicyclic) bond motifs is 1. The van der Waals surface area contributed by atoms with Crippen molar-refractivity contribution in [1.29, 1.82) is 0 Å². The van der Waals surface area contributed by atoms with E-state index in [2.05, 4.69) is 56.8 Å². The number of benzene rings is 1. The van der Waals surface area contributed by atoms with E-state index >= 15 is 0 Å². The van der Waals surface area contributed by atoms with Crippen LogP contribution in [0.1, 0.15) is 62.3 Å². The summed E-state index contributed by atoms with van der Waals surface area (Å²) >= 11 is 0. The van der Waals surface area contributed by atoms with Gasteiger partial charge < -0.3 is 25.2 Å². The maximum atomic E-state index is 12.3. The van der Waals surface area contributed by atoms with Crippen LogP contribution in [0.25, 0.3) is 0 Å². The molecule has 2 N–H and O–H groups in total. The lowest BCUT2D eigenvalue weighted by atomic mass is 9.94. The molecule has 5 rings (SSSR count). The van der Waals surface area contributed by atoms with Crippen molar-refractivity contribution in [3.63, 3.8) is 0 Å². The quantitative estimate of drug-likeness (QED) is 0.472. The first-order valence-electron chi connectivity index (χ1n) is 14.8. The molecule has 7 nitrogen and oxygen atoms in total. The molecule has 38 heavy (non-hydrogen) atoms. The normalized spacial score (nSPS) is 20.1. The summed E-state index contributed by atoms with van der Waals surface area (Å²) in [4.78, 5) is 22.2. The predicted molar refractivity (Wildman–Crippen MR) is 156 cm³/mol. The van der Waals surface area contributed by atoms with E-state index in [1.807, 2.05) is 13.8 Å². The molecule has 7 heteroatoms. The highest BCUT2D eigenvalue weighted by Gasteiger charge is 2.27. The number of methoxy groups -OCH3 is 1. The Balaban J connectivity index is 0.00000164. The summed E-state index contributed by atoms with van der Waals surface area (Å²) in [7, 11) is 1.49. The van der Waals surface area contributed by atoms with Crippen LogP contribution in [-0.2, 0) is 22.4 Å². The van der Waals surface area contributed by atoms with Crippen molar-refractivity contribution >= 4 is 17.5 Å². The third-order valence-corrected chi connectivity index (χ3v) is 8.07. The molecule has 1 aromatic heterocycles. The number of likely N-dealkylation sites (tertiary alicyclic amines) is 1. The van der Waals surface area contributed by atoms with E-state index in [1.165, 1.54) is 48.9 Å². The fourth-order valence-electron chi connectivity index (χ4n) is 5.96. The van der Waals surface area contributed by atoms with E-state index in [-0.39, 0.29) is 11.9 Å². The second-order valence-corrected chi connectivity index (χ2v) is 10.6. The minimum atomic E-state index is -0.129. The highest BCUT2D eigenvalue weighted by Crippen LogP contribution is 2.30. The fourth-order valence-corrected chi connectivity index (χ4v) is 5.96. The van der Waals surface area contributed by atoms with Gasteiger partial charge in [0.1, 0.15) is 5.82 Å². The smallest absolute Gasteiger partial charge is 0.306 e. The van der Waals surface area contributed by atoms with Gasteiger partial charge in [-0.25, -0.2) is 4.98 Å². The molecule has 2 saturated heterocycles. The van der Waals surface area contributed by atoms with Crippen LogP contribution in [-0.4, -0.2) is 75.3 Å². The lowest BCUT2D eigenvalue weighted by molar-refractivity contribution is -0.141. The van der Waals surface area contributed by atoms with Gasteiger partial charge in [0.15, 0.2) is 0 Å². The van der Waals surface area contributed by atoms with Gasteiger partial charge in [-0.05, 0) is 73.9 Å². The molecule has 3 aliphatic heterocycles. The van der Waals surface area contributed by atoms with Crippen LogP contribution in [0.3, 0.4) is 0 Å². The molecule has 0 saturated carbocycles. The number of carbonyl (C=O) groups excluding carboxylic acids is 1. The van der Waals surface area contributed by atoms with Crippen LogP contribution in [0.2, 0.25) is 0 Å². The largest absolute Gasteiger partial charge is 0.469 e. The number of hydrogen-bond acceptors (Lipinski definition) is 7. The Bertz CT molecular complexity index is 1020. The predicted octanol–water partition coefficient (Wildman–Crippen LogP) is 4.48. The molecule has 1 aromatic carbocycles. The summed E-state index contributed by atoms with van der Waals surface area (Å²) in [5.41, 5.74) is 5.06. The molecule has 3 aliphatic rings. The number of rotatable bonds is 9. The van der Waals surface area contributed by atoms with Crippen LogP contribution >= 0.6 is 0 Å². The summed E-state index contributed by atoms with van der Waals surface area (Å²) in [6.45, 7) is 12.2. The van der Waals surface area contributed by atoms with Crippen LogP contribution in [0.5, 0.6) is 0 Å². The topological polar surface area (TPSA) is 69.7 Å². The third-order valence-electron chi connectivity index (χ3n) is 8.07. The standard InChI is InChI=1S/C29H41N5O2.C2H6/c1-36-28(35)19-25(24-4-2-6-27(18-24)34-16-13-30-14-17-34)21-33-15-11-22(20-33)7-9-26-10-8-23-5-3-12-31-29(23)32-26;1-2/h2,4,6,8,10,18,22,25,30H,3,5,7,9,11-17,19-21H2,1H3,(H,31,32);1-2H3. The average Bonchev–Trinajstić information content (AvgIpc) is 3.44. The number of pyridine rings is 1. The minimum Gasteiger partial charge on any atom is -0.469 e. The average molecular weight is 522 g/mol.